The Morgan fingerprint density at radius 3 is 2.41 bits per heavy atom. The van der Waals surface area contributed by atoms with E-state index in [0.717, 1.165) is 25.1 Å². The molecule has 3 heterocycles. The molecule has 2 unspecified atom stereocenters. The van der Waals surface area contributed by atoms with E-state index in [1.807, 2.05) is 19.3 Å². The lowest BCUT2D eigenvalue weighted by Gasteiger charge is -2.43. The van der Waals surface area contributed by atoms with Crippen molar-refractivity contribution >= 4 is 0 Å². The zero-order valence-electron chi connectivity index (χ0n) is 13.0. The summed E-state index contributed by atoms with van der Waals surface area (Å²) in [7, 11) is 1.91. The first-order chi connectivity index (χ1) is 10.6. The Balaban J connectivity index is 1.54. The zero-order chi connectivity index (χ0) is 15.2. The third kappa shape index (κ3) is 2.36. The third-order valence-electron chi connectivity index (χ3n) is 5.32. The highest BCUT2D eigenvalue weighted by Crippen LogP contribution is 2.45. The van der Waals surface area contributed by atoms with Crippen molar-refractivity contribution < 1.29 is 5.11 Å². The van der Waals surface area contributed by atoms with Gasteiger partial charge in [-0.3, -0.25) is 9.58 Å². The first-order valence-corrected chi connectivity index (χ1v) is 8.16. The molecule has 0 spiro atoms. The van der Waals surface area contributed by atoms with Gasteiger partial charge >= 0.3 is 0 Å². The van der Waals surface area contributed by atoms with Crippen molar-refractivity contribution in [1.29, 1.82) is 0 Å². The average Bonchev–Trinajstić information content (AvgIpc) is 3.04. The number of aliphatic hydroxyl groups is 1. The van der Waals surface area contributed by atoms with Crippen molar-refractivity contribution in [3.8, 4) is 0 Å². The van der Waals surface area contributed by atoms with Gasteiger partial charge in [-0.2, -0.15) is 5.10 Å². The number of hydrogen-bond donors (Lipinski definition) is 1. The van der Waals surface area contributed by atoms with Gasteiger partial charge in [-0.05, 0) is 37.3 Å². The molecule has 1 aromatic carbocycles. The summed E-state index contributed by atoms with van der Waals surface area (Å²) >= 11 is 0. The van der Waals surface area contributed by atoms with Crippen LogP contribution in [0.1, 0.15) is 36.9 Å². The molecule has 4 nitrogen and oxygen atoms in total. The van der Waals surface area contributed by atoms with Crippen LogP contribution in [0.2, 0.25) is 0 Å². The highest BCUT2D eigenvalue weighted by atomic mass is 16.3. The Hall–Kier alpha value is -1.65. The summed E-state index contributed by atoms with van der Waals surface area (Å²) in [6.07, 6.45) is 5.89. The molecule has 4 rings (SSSR count). The Bertz CT molecular complexity index is 637. The van der Waals surface area contributed by atoms with Gasteiger partial charge in [-0.15, -0.1) is 0 Å². The molecule has 2 bridgehead atoms. The van der Waals surface area contributed by atoms with Crippen LogP contribution in [0.15, 0.2) is 42.6 Å². The van der Waals surface area contributed by atoms with Gasteiger partial charge in [-0.1, -0.05) is 30.3 Å². The van der Waals surface area contributed by atoms with Crippen LogP contribution >= 0.6 is 0 Å². The third-order valence-corrected chi connectivity index (χ3v) is 5.32. The number of rotatable bonds is 3. The number of benzene rings is 1. The van der Waals surface area contributed by atoms with E-state index in [0.29, 0.717) is 12.1 Å². The smallest absolute Gasteiger partial charge is 0.111 e. The van der Waals surface area contributed by atoms with Crippen molar-refractivity contribution in [3.63, 3.8) is 0 Å². The maximum Gasteiger partial charge on any atom is 0.111 e. The summed E-state index contributed by atoms with van der Waals surface area (Å²) < 4.78 is 1.78. The predicted molar refractivity (Wildman–Crippen MR) is 85.1 cm³/mol. The average molecular weight is 297 g/mol. The van der Waals surface area contributed by atoms with Crippen LogP contribution in [0.5, 0.6) is 0 Å². The van der Waals surface area contributed by atoms with E-state index in [1.54, 1.807) is 4.68 Å². The molecule has 1 N–H and O–H groups in total. The molecule has 0 amide bonds. The number of aryl methyl sites for hydroxylation is 1. The van der Waals surface area contributed by atoms with Gasteiger partial charge in [0.05, 0.1) is 5.69 Å². The Morgan fingerprint density at radius 1 is 1.14 bits per heavy atom. The standard InChI is InChI=1S/C18H23N3O/c1-20-10-9-17(19-20)18(22)11-15-7-8-16(12-18)21(15)13-14-5-3-2-4-6-14/h2-6,9-10,15-16,22H,7-8,11-13H2,1H3. The fraction of sp³-hybridized carbons (Fsp3) is 0.500. The van der Waals surface area contributed by atoms with Gasteiger partial charge in [-0.25, -0.2) is 0 Å². The van der Waals surface area contributed by atoms with E-state index in [1.165, 1.54) is 18.4 Å². The molecule has 2 aliphatic heterocycles. The number of piperidine rings is 1. The molecule has 2 aliphatic rings. The summed E-state index contributed by atoms with van der Waals surface area (Å²) in [5, 5.41) is 15.6. The summed E-state index contributed by atoms with van der Waals surface area (Å²) in [5.74, 6) is 0. The second kappa shape index (κ2) is 5.21. The Labute approximate surface area is 131 Å². The molecular formula is C18H23N3O. The van der Waals surface area contributed by atoms with Gasteiger partial charge in [0.1, 0.15) is 5.60 Å². The predicted octanol–water partition coefficient (Wildman–Crippen LogP) is 2.43. The normalized spacial score (nSPS) is 31.5. The SMILES string of the molecule is Cn1ccc(C2(O)CC3CCC(C2)N3Cc2ccccc2)n1. The molecule has 2 fully saturated rings. The molecule has 2 atom stereocenters. The van der Waals surface area contributed by atoms with E-state index in [9.17, 15) is 5.11 Å². The second-order valence-corrected chi connectivity index (χ2v) is 6.86. The minimum atomic E-state index is -0.750. The summed E-state index contributed by atoms with van der Waals surface area (Å²) in [4.78, 5) is 2.59. The summed E-state index contributed by atoms with van der Waals surface area (Å²) in [6.45, 7) is 0.995. The maximum absolute atomic E-state index is 11.1. The van der Waals surface area contributed by atoms with E-state index in [4.69, 9.17) is 0 Å². The largest absolute Gasteiger partial charge is 0.383 e. The highest BCUT2D eigenvalue weighted by molar-refractivity contribution is 5.19. The maximum atomic E-state index is 11.1. The van der Waals surface area contributed by atoms with Crippen LogP contribution in [0.4, 0.5) is 0 Å². The number of aromatic nitrogens is 2. The van der Waals surface area contributed by atoms with Crippen LogP contribution in [0, 0.1) is 0 Å². The lowest BCUT2D eigenvalue weighted by Crippen LogP contribution is -2.49. The van der Waals surface area contributed by atoms with Gasteiger partial charge in [0.15, 0.2) is 0 Å². The van der Waals surface area contributed by atoms with Gasteiger partial charge in [0.2, 0.25) is 0 Å². The molecule has 116 valence electrons. The van der Waals surface area contributed by atoms with Crippen molar-refractivity contribution in [2.75, 3.05) is 0 Å². The van der Waals surface area contributed by atoms with E-state index >= 15 is 0 Å². The topological polar surface area (TPSA) is 41.3 Å². The monoisotopic (exact) mass is 297 g/mol. The molecule has 2 aromatic rings. The second-order valence-electron chi connectivity index (χ2n) is 6.86. The number of fused-ring (bicyclic) bond motifs is 2. The summed E-state index contributed by atoms with van der Waals surface area (Å²) in [6, 6.07) is 13.5. The fourth-order valence-electron chi connectivity index (χ4n) is 4.24. The highest BCUT2D eigenvalue weighted by Gasteiger charge is 2.49. The quantitative estimate of drug-likeness (QED) is 0.946. The zero-order valence-corrected chi connectivity index (χ0v) is 13.0. The van der Waals surface area contributed by atoms with Crippen LogP contribution < -0.4 is 0 Å². The van der Waals surface area contributed by atoms with Gasteiger partial charge in [0.25, 0.3) is 0 Å². The first kappa shape index (κ1) is 14.0. The number of nitrogens with zero attached hydrogens (tertiary/aromatic N) is 3. The molecule has 0 aliphatic carbocycles. The fourth-order valence-corrected chi connectivity index (χ4v) is 4.24. The molecule has 0 radical (unpaired) electrons. The van der Waals surface area contributed by atoms with E-state index in [2.05, 4.69) is 40.3 Å². The number of hydrogen-bond acceptors (Lipinski definition) is 3. The molecule has 2 saturated heterocycles. The van der Waals surface area contributed by atoms with E-state index in [-0.39, 0.29) is 0 Å². The van der Waals surface area contributed by atoms with Gasteiger partial charge < -0.3 is 5.11 Å². The lowest BCUT2D eigenvalue weighted by atomic mass is 9.83. The first-order valence-electron chi connectivity index (χ1n) is 8.16. The van der Waals surface area contributed by atoms with Crippen LogP contribution in [-0.4, -0.2) is 31.9 Å². The molecule has 22 heavy (non-hydrogen) atoms. The van der Waals surface area contributed by atoms with Crippen molar-refractivity contribution in [1.82, 2.24) is 14.7 Å². The van der Waals surface area contributed by atoms with Crippen molar-refractivity contribution in [2.24, 2.45) is 7.05 Å². The van der Waals surface area contributed by atoms with Gasteiger partial charge in [0, 0.05) is 31.9 Å². The minimum absolute atomic E-state index is 0.464. The molecule has 1 aromatic heterocycles. The lowest BCUT2D eigenvalue weighted by molar-refractivity contribution is -0.0626. The molecular weight excluding hydrogens is 274 g/mol. The van der Waals surface area contributed by atoms with Crippen molar-refractivity contribution in [3.05, 3.63) is 53.9 Å². The van der Waals surface area contributed by atoms with Crippen LogP contribution in [0.25, 0.3) is 0 Å². The Kier molecular flexibility index (Phi) is 3.31. The molecule has 0 saturated carbocycles. The minimum Gasteiger partial charge on any atom is -0.383 e. The van der Waals surface area contributed by atoms with Crippen molar-refractivity contribution in [2.45, 2.75) is 49.9 Å². The molecule has 4 heteroatoms. The summed E-state index contributed by atoms with van der Waals surface area (Å²) in [5.41, 5.74) is 1.45. The van der Waals surface area contributed by atoms with Crippen LogP contribution in [-0.2, 0) is 19.2 Å². The van der Waals surface area contributed by atoms with E-state index < -0.39 is 5.60 Å². The van der Waals surface area contributed by atoms with Crippen LogP contribution in [0.3, 0.4) is 0 Å². The Morgan fingerprint density at radius 2 is 1.82 bits per heavy atom.